The maximum absolute atomic E-state index is 11.8. The number of allylic oxidation sites excluding steroid dienone is 3. The third kappa shape index (κ3) is 8.68. The number of nitrogens with one attached hydrogen (secondary N) is 1. The molecule has 0 aromatic rings. The van der Waals surface area contributed by atoms with Crippen molar-refractivity contribution in [1.82, 2.24) is 5.32 Å². The standard InChI is InChI=1S/C17H31NO3/c1-5-13(3)10-8-7-9-11-16(20)15(12-19)18-17(21)14(4)6-2/h9-11,14-16,19-20H,5-8,12H2,1-4H3,(H,18,21)/b11-9+,13-10+. The molecule has 0 saturated carbocycles. The lowest BCUT2D eigenvalue weighted by Gasteiger charge is -2.21. The number of amides is 1. The summed E-state index contributed by atoms with van der Waals surface area (Å²) in [5, 5.41) is 22.0. The van der Waals surface area contributed by atoms with Crippen LogP contribution in [0.4, 0.5) is 0 Å². The van der Waals surface area contributed by atoms with Crippen molar-refractivity contribution in [2.45, 2.75) is 65.5 Å². The van der Waals surface area contributed by atoms with Crippen LogP contribution in [-0.2, 0) is 4.79 Å². The lowest BCUT2D eigenvalue weighted by atomic mass is 10.1. The Morgan fingerprint density at radius 2 is 1.95 bits per heavy atom. The minimum atomic E-state index is -0.862. The first-order valence-corrected chi connectivity index (χ1v) is 7.87. The van der Waals surface area contributed by atoms with E-state index in [0.29, 0.717) is 0 Å². The van der Waals surface area contributed by atoms with E-state index < -0.39 is 12.1 Å². The molecule has 4 nitrogen and oxygen atoms in total. The molecule has 1 amide bonds. The lowest BCUT2D eigenvalue weighted by Crippen LogP contribution is -2.46. The molecule has 0 aliphatic carbocycles. The Labute approximate surface area is 128 Å². The number of carbonyl (C=O) groups excluding carboxylic acids is 1. The highest BCUT2D eigenvalue weighted by atomic mass is 16.3. The van der Waals surface area contributed by atoms with E-state index >= 15 is 0 Å². The maximum Gasteiger partial charge on any atom is 0.223 e. The lowest BCUT2D eigenvalue weighted by molar-refractivity contribution is -0.126. The topological polar surface area (TPSA) is 69.6 Å². The summed E-state index contributed by atoms with van der Waals surface area (Å²) in [4.78, 5) is 11.8. The van der Waals surface area contributed by atoms with Crippen molar-refractivity contribution in [3.05, 3.63) is 23.8 Å². The van der Waals surface area contributed by atoms with Gasteiger partial charge in [-0.05, 0) is 32.6 Å². The SMILES string of the molecule is CC/C(C)=C/CC/C=C/C(O)C(CO)NC(=O)C(C)CC. The maximum atomic E-state index is 11.8. The first kappa shape index (κ1) is 19.9. The van der Waals surface area contributed by atoms with Gasteiger partial charge >= 0.3 is 0 Å². The molecule has 3 N–H and O–H groups in total. The zero-order valence-electron chi connectivity index (χ0n) is 13.8. The van der Waals surface area contributed by atoms with Gasteiger partial charge in [-0.3, -0.25) is 4.79 Å². The van der Waals surface area contributed by atoms with Crippen LogP contribution in [0.5, 0.6) is 0 Å². The largest absolute Gasteiger partial charge is 0.394 e. The van der Waals surface area contributed by atoms with E-state index in [1.165, 1.54) is 5.57 Å². The summed E-state index contributed by atoms with van der Waals surface area (Å²) in [7, 11) is 0. The highest BCUT2D eigenvalue weighted by molar-refractivity contribution is 5.78. The normalized spacial score (nSPS) is 16.8. The predicted octanol–water partition coefficient (Wildman–Crippen LogP) is 2.56. The molecular formula is C17H31NO3. The molecule has 0 spiro atoms. The Hall–Kier alpha value is -1.13. The van der Waals surface area contributed by atoms with E-state index in [1.807, 2.05) is 19.9 Å². The second-order valence-electron chi connectivity index (χ2n) is 5.51. The van der Waals surface area contributed by atoms with Gasteiger partial charge in [0.1, 0.15) is 0 Å². The van der Waals surface area contributed by atoms with Crippen molar-refractivity contribution >= 4 is 5.91 Å². The molecule has 21 heavy (non-hydrogen) atoms. The Kier molecular flexibility index (Phi) is 10.9. The van der Waals surface area contributed by atoms with Gasteiger partial charge in [0.15, 0.2) is 0 Å². The average molecular weight is 297 g/mol. The quantitative estimate of drug-likeness (QED) is 0.429. The summed E-state index contributed by atoms with van der Waals surface area (Å²) >= 11 is 0. The van der Waals surface area contributed by atoms with Crippen LogP contribution in [0.3, 0.4) is 0 Å². The van der Waals surface area contributed by atoms with E-state index in [4.69, 9.17) is 0 Å². The fourth-order valence-corrected chi connectivity index (χ4v) is 1.69. The minimum Gasteiger partial charge on any atom is -0.394 e. The van der Waals surface area contributed by atoms with Gasteiger partial charge in [0.25, 0.3) is 0 Å². The summed E-state index contributed by atoms with van der Waals surface area (Å²) in [6.07, 6.45) is 8.43. The number of hydrogen-bond donors (Lipinski definition) is 3. The number of carbonyl (C=O) groups is 1. The molecule has 0 fully saturated rings. The second-order valence-corrected chi connectivity index (χ2v) is 5.51. The zero-order valence-corrected chi connectivity index (χ0v) is 13.8. The number of unbranched alkanes of at least 4 members (excludes halogenated alkanes) is 1. The monoisotopic (exact) mass is 297 g/mol. The molecule has 0 heterocycles. The molecule has 0 rings (SSSR count). The molecule has 4 heteroatoms. The minimum absolute atomic E-state index is 0.114. The number of hydrogen-bond acceptors (Lipinski definition) is 3. The molecule has 122 valence electrons. The smallest absolute Gasteiger partial charge is 0.223 e. The van der Waals surface area contributed by atoms with Crippen LogP contribution in [-0.4, -0.2) is 34.9 Å². The Bertz CT molecular complexity index is 350. The molecular weight excluding hydrogens is 266 g/mol. The zero-order chi connectivity index (χ0) is 16.3. The van der Waals surface area contributed by atoms with E-state index in [1.54, 1.807) is 6.08 Å². The summed E-state index contributed by atoms with van der Waals surface area (Å²) in [6, 6.07) is -0.643. The van der Waals surface area contributed by atoms with Crippen LogP contribution >= 0.6 is 0 Å². The number of aliphatic hydroxyl groups excluding tert-OH is 2. The molecule has 3 unspecified atom stereocenters. The summed E-state index contributed by atoms with van der Waals surface area (Å²) < 4.78 is 0. The van der Waals surface area contributed by atoms with Crippen LogP contribution in [0.2, 0.25) is 0 Å². The summed E-state index contributed by atoms with van der Waals surface area (Å²) in [5.74, 6) is -0.247. The van der Waals surface area contributed by atoms with Crippen molar-refractivity contribution in [2.75, 3.05) is 6.61 Å². The van der Waals surface area contributed by atoms with Crippen molar-refractivity contribution in [2.24, 2.45) is 5.92 Å². The third-order valence-corrected chi connectivity index (χ3v) is 3.71. The fourth-order valence-electron chi connectivity index (χ4n) is 1.69. The second kappa shape index (κ2) is 11.5. The molecule has 0 aromatic heterocycles. The summed E-state index contributed by atoms with van der Waals surface area (Å²) in [6.45, 7) is 7.71. The van der Waals surface area contributed by atoms with Crippen molar-refractivity contribution < 1.29 is 15.0 Å². The van der Waals surface area contributed by atoms with Crippen LogP contribution < -0.4 is 5.32 Å². The Morgan fingerprint density at radius 1 is 1.29 bits per heavy atom. The molecule has 0 aliphatic rings. The first-order valence-electron chi connectivity index (χ1n) is 7.87. The first-order chi connectivity index (χ1) is 9.96. The fraction of sp³-hybridized carbons (Fsp3) is 0.706. The van der Waals surface area contributed by atoms with Crippen LogP contribution in [0, 0.1) is 5.92 Å². The molecule has 0 aromatic carbocycles. The molecule has 0 radical (unpaired) electrons. The molecule has 3 atom stereocenters. The number of rotatable bonds is 10. The Morgan fingerprint density at radius 3 is 2.48 bits per heavy atom. The van der Waals surface area contributed by atoms with Crippen molar-refractivity contribution in [3.8, 4) is 0 Å². The highest BCUT2D eigenvalue weighted by Crippen LogP contribution is 2.05. The van der Waals surface area contributed by atoms with E-state index in [9.17, 15) is 15.0 Å². The predicted molar refractivity (Wildman–Crippen MR) is 86.9 cm³/mol. The van der Waals surface area contributed by atoms with Crippen LogP contribution in [0.25, 0.3) is 0 Å². The van der Waals surface area contributed by atoms with Gasteiger partial charge in [0.2, 0.25) is 5.91 Å². The summed E-state index contributed by atoms with van der Waals surface area (Å²) in [5.41, 5.74) is 1.36. The van der Waals surface area contributed by atoms with Gasteiger partial charge in [0.05, 0.1) is 18.8 Å². The van der Waals surface area contributed by atoms with E-state index in [-0.39, 0.29) is 18.4 Å². The van der Waals surface area contributed by atoms with Gasteiger partial charge in [-0.2, -0.15) is 0 Å². The highest BCUT2D eigenvalue weighted by Gasteiger charge is 2.20. The van der Waals surface area contributed by atoms with Crippen LogP contribution in [0.15, 0.2) is 23.8 Å². The van der Waals surface area contributed by atoms with E-state index in [0.717, 1.165) is 25.7 Å². The van der Waals surface area contributed by atoms with Gasteiger partial charge in [-0.15, -0.1) is 0 Å². The van der Waals surface area contributed by atoms with Gasteiger partial charge in [-0.25, -0.2) is 0 Å². The van der Waals surface area contributed by atoms with Crippen molar-refractivity contribution in [1.29, 1.82) is 0 Å². The van der Waals surface area contributed by atoms with Gasteiger partial charge in [-0.1, -0.05) is 44.6 Å². The molecule has 0 saturated heterocycles. The number of aliphatic hydroxyl groups is 2. The molecule has 0 aliphatic heterocycles. The Balaban J connectivity index is 4.26. The van der Waals surface area contributed by atoms with Gasteiger partial charge in [0, 0.05) is 5.92 Å². The average Bonchev–Trinajstić information content (AvgIpc) is 2.50. The third-order valence-electron chi connectivity index (χ3n) is 3.71. The van der Waals surface area contributed by atoms with Crippen molar-refractivity contribution in [3.63, 3.8) is 0 Å². The van der Waals surface area contributed by atoms with Crippen LogP contribution in [0.1, 0.15) is 53.4 Å². The molecule has 0 bridgehead atoms. The van der Waals surface area contributed by atoms with Gasteiger partial charge < -0.3 is 15.5 Å². The van der Waals surface area contributed by atoms with E-state index in [2.05, 4.69) is 25.2 Å².